The molecule has 1 aliphatic rings. The number of carbonyl (C=O) groups excluding carboxylic acids is 1. The fraction of sp³-hybridized carbons (Fsp3) is 0.750. The molecule has 1 saturated heterocycles. The molecule has 0 aromatic heterocycles. The number of hydrogen-bond donors (Lipinski definition) is 0. The summed E-state index contributed by atoms with van der Waals surface area (Å²) in [5.41, 5.74) is 0. The second-order valence-corrected chi connectivity index (χ2v) is 5.96. The SMILES string of the molecule is CN1CP(=O)(Cl)N(C)C1=O. The summed E-state index contributed by atoms with van der Waals surface area (Å²) in [4.78, 5) is 12.3. The molecule has 0 aromatic rings. The predicted octanol–water partition coefficient (Wildman–Crippen LogP) is 1.37. The normalized spacial score (nSPS) is 33.7. The first kappa shape index (κ1) is 7.89. The third-order valence-electron chi connectivity index (χ3n) is 1.44. The monoisotopic (exact) mass is 182 g/mol. The number of rotatable bonds is 0. The molecule has 58 valence electrons. The second-order valence-electron chi connectivity index (χ2n) is 2.26. The smallest absolute Gasteiger partial charge is 0.317 e. The zero-order valence-electron chi connectivity index (χ0n) is 5.74. The molecule has 1 unspecified atom stereocenters. The maximum absolute atomic E-state index is 11.2. The largest absolute Gasteiger partial charge is 0.326 e. The van der Waals surface area contributed by atoms with E-state index in [2.05, 4.69) is 0 Å². The van der Waals surface area contributed by atoms with Crippen molar-refractivity contribution in [2.45, 2.75) is 0 Å². The van der Waals surface area contributed by atoms with Gasteiger partial charge in [0.2, 0.25) is 0 Å². The van der Waals surface area contributed by atoms with Crippen LogP contribution in [0.15, 0.2) is 0 Å². The average Bonchev–Trinajstić information content (AvgIpc) is 1.95. The molecule has 0 spiro atoms. The van der Waals surface area contributed by atoms with Crippen LogP contribution in [0.3, 0.4) is 0 Å². The van der Waals surface area contributed by atoms with Gasteiger partial charge in [-0.2, -0.15) is 0 Å². The van der Waals surface area contributed by atoms with Crippen LogP contribution in [0.5, 0.6) is 0 Å². The minimum Gasteiger partial charge on any atom is -0.317 e. The van der Waals surface area contributed by atoms with Gasteiger partial charge in [0.25, 0.3) is 6.65 Å². The number of amides is 2. The Morgan fingerprint density at radius 2 is 2.10 bits per heavy atom. The molecule has 1 aliphatic heterocycles. The summed E-state index contributed by atoms with van der Waals surface area (Å²) >= 11 is 5.53. The Balaban J connectivity index is 2.92. The van der Waals surface area contributed by atoms with E-state index in [4.69, 9.17) is 11.2 Å². The van der Waals surface area contributed by atoms with Crippen molar-refractivity contribution >= 4 is 23.9 Å². The fourth-order valence-corrected chi connectivity index (χ4v) is 2.71. The first-order valence-electron chi connectivity index (χ1n) is 2.73. The molecule has 0 N–H and O–H groups in total. The van der Waals surface area contributed by atoms with E-state index >= 15 is 0 Å². The van der Waals surface area contributed by atoms with Crippen LogP contribution in [0.25, 0.3) is 0 Å². The highest BCUT2D eigenvalue weighted by molar-refractivity contribution is 7.88. The lowest BCUT2D eigenvalue weighted by Gasteiger charge is -2.09. The Kier molecular flexibility index (Phi) is 1.69. The average molecular weight is 183 g/mol. The molecule has 6 heteroatoms. The van der Waals surface area contributed by atoms with Crippen LogP contribution < -0.4 is 0 Å². The summed E-state index contributed by atoms with van der Waals surface area (Å²) in [5.74, 6) is 0. The Hall–Kier alpha value is -0.210. The molecular weight excluding hydrogens is 174 g/mol. The fourth-order valence-electron chi connectivity index (χ4n) is 0.792. The third kappa shape index (κ3) is 1.02. The first-order chi connectivity index (χ1) is 4.45. The third-order valence-corrected chi connectivity index (χ3v) is 4.28. The van der Waals surface area contributed by atoms with Crippen LogP contribution in [0.2, 0.25) is 0 Å². The van der Waals surface area contributed by atoms with Crippen molar-refractivity contribution < 1.29 is 9.36 Å². The quantitative estimate of drug-likeness (QED) is 0.531. The summed E-state index contributed by atoms with van der Waals surface area (Å²) in [6.45, 7) is -2.86. The van der Waals surface area contributed by atoms with Crippen molar-refractivity contribution in [3.8, 4) is 0 Å². The van der Waals surface area contributed by atoms with Gasteiger partial charge < -0.3 is 4.90 Å². The molecule has 4 nitrogen and oxygen atoms in total. The van der Waals surface area contributed by atoms with Crippen LogP contribution in [-0.2, 0) is 4.57 Å². The Bertz CT molecular complexity index is 219. The van der Waals surface area contributed by atoms with Gasteiger partial charge in [0.1, 0.15) is 6.29 Å². The summed E-state index contributed by atoms with van der Waals surface area (Å²) in [6.07, 6.45) is 0.143. The van der Waals surface area contributed by atoms with Gasteiger partial charge >= 0.3 is 6.03 Å². The van der Waals surface area contributed by atoms with Gasteiger partial charge in [-0.25, -0.2) is 4.79 Å². The molecule has 0 aromatic carbocycles. The molecule has 1 fully saturated rings. The summed E-state index contributed by atoms with van der Waals surface area (Å²) in [7, 11) is 3.01. The van der Waals surface area contributed by atoms with Crippen LogP contribution in [-0.4, -0.2) is 36.0 Å². The highest BCUT2D eigenvalue weighted by Crippen LogP contribution is 2.58. The zero-order valence-corrected chi connectivity index (χ0v) is 7.39. The van der Waals surface area contributed by atoms with Crippen LogP contribution in [0.4, 0.5) is 4.79 Å². The van der Waals surface area contributed by atoms with Gasteiger partial charge in [0, 0.05) is 14.1 Å². The lowest BCUT2D eigenvalue weighted by atomic mass is 10.8. The van der Waals surface area contributed by atoms with Gasteiger partial charge in [-0.05, 0) is 11.2 Å². The molecule has 2 amide bonds. The number of nitrogens with zero attached hydrogens (tertiary/aromatic N) is 2. The minimum atomic E-state index is -2.86. The van der Waals surface area contributed by atoms with Crippen LogP contribution in [0, 0.1) is 0 Å². The highest BCUT2D eigenvalue weighted by atomic mass is 35.7. The number of halogens is 1. The molecular formula is C4H8ClN2O2P. The molecule has 0 saturated carbocycles. The van der Waals surface area contributed by atoms with Gasteiger partial charge in [0.05, 0.1) is 0 Å². The van der Waals surface area contributed by atoms with Crippen LogP contribution >= 0.6 is 17.9 Å². The summed E-state index contributed by atoms with van der Waals surface area (Å²) < 4.78 is 12.3. The first-order valence-corrected chi connectivity index (χ1v) is 5.48. The Labute approximate surface area is 64.0 Å². The molecule has 0 radical (unpaired) electrons. The molecule has 1 rings (SSSR count). The number of urea groups is 1. The van der Waals surface area contributed by atoms with Gasteiger partial charge in [-0.1, -0.05) is 0 Å². The topological polar surface area (TPSA) is 40.6 Å². The lowest BCUT2D eigenvalue weighted by molar-refractivity contribution is 0.209. The van der Waals surface area contributed by atoms with E-state index < -0.39 is 6.65 Å². The van der Waals surface area contributed by atoms with Crippen molar-refractivity contribution in [3.63, 3.8) is 0 Å². The van der Waals surface area contributed by atoms with Crippen molar-refractivity contribution in [2.75, 3.05) is 20.4 Å². The van der Waals surface area contributed by atoms with E-state index in [-0.39, 0.29) is 12.3 Å². The lowest BCUT2D eigenvalue weighted by Crippen LogP contribution is -2.24. The standard InChI is InChI=1S/C4H8ClN2O2P/c1-6-3-10(5,9)7(2)4(6)8/h3H2,1-2H3. The second kappa shape index (κ2) is 2.14. The Morgan fingerprint density at radius 3 is 2.20 bits per heavy atom. The van der Waals surface area contributed by atoms with Crippen LogP contribution in [0.1, 0.15) is 0 Å². The molecule has 0 bridgehead atoms. The minimum absolute atomic E-state index is 0.143. The maximum Gasteiger partial charge on any atom is 0.326 e. The number of hydrogen-bond acceptors (Lipinski definition) is 2. The Morgan fingerprint density at radius 1 is 1.60 bits per heavy atom. The van der Waals surface area contributed by atoms with Gasteiger partial charge in [0.15, 0.2) is 0 Å². The van der Waals surface area contributed by atoms with Crippen molar-refractivity contribution in [2.24, 2.45) is 0 Å². The number of carbonyl (C=O) groups is 1. The van der Waals surface area contributed by atoms with E-state index in [0.29, 0.717) is 0 Å². The van der Waals surface area contributed by atoms with Gasteiger partial charge in [-0.3, -0.25) is 9.24 Å². The van der Waals surface area contributed by atoms with E-state index in [1.807, 2.05) is 0 Å². The molecule has 10 heavy (non-hydrogen) atoms. The van der Waals surface area contributed by atoms with E-state index in [9.17, 15) is 9.36 Å². The molecule has 1 heterocycles. The molecule has 0 aliphatic carbocycles. The summed E-state index contributed by atoms with van der Waals surface area (Å²) in [6, 6.07) is -0.279. The van der Waals surface area contributed by atoms with Crippen molar-refractivity contribution in [1.82, 2.24) is 9.57 Å². The summed E-state index contributed by atoms with van der Waals surface area (Å²) in [5, 5.41) is 0. The van der Waals surface area contributed by atoms with Crippen molar-refractivity contribution in [1.29, 1.82) is 0 Å². The van der Waals surface area contributed by atoms with E-state index in [1.165, 1.54) is 11.9 Å². The van der Waals surface area contributed by atoms with E-state index in [0.717, 1.165) is 4.67 Å². The maximum atomic E-state index is 11.2. The zero-order chi connectivity index (χ0) is 7.94. The van der Waals surface area contributed by atoms with E-state index in [1.54, 1.807) is 7.05 Å². The van der Waals surface area contributed by atoms with Crippen molar-refractivity contribution in [3.05, 3.63) is 0 Å². The predicted molar refractivity (Wildman–Crippen MR) is 39.2 cm³/mol. The molecule has 1 atom stereocenters. The van der Waals surface area contributed by atoms with Gasteiger partial charge in [-0.15, -0.1) is 0 Å². The highest BCUT2D eigenvalue weighted by Gasteiger charge is 2.40.